The van der Waals surface area contributed by atoms with Crippen LogP contribution >= 0.6 is 0 Å². The fourth-order valence-electron chi connectivity index (χ4n) is 3.55. The van der Waals surface area contributed by atoms with Gasteiger partial charge in [0.1, 0.15) is 5.75 Å². The molecule has 0 unspecified atom stereocenters. The van der Waals surface area contributed by atoms with Crippen LogP contribution in [0.15, 0.2) is 0 Å². The maximum Gasteiger partial charge on any atom is 0.167 e. The van der Waals surface area contributed by atoms with Crippen molar-refractivity contribution >= 4 is 0 Å². The highest BCUT2D eigenvalue weighted by atomic mass is 16.5. The van der Waals surface area contributed by atoms with Crippen LogP contribution in [0.4, 0.5) is 0 Å². The summed E-state index contributed by atoms with van der Waals surface area (Å²) in [7, 11) is 1.70. The molecule has 1 N–H and O–H groups in total. The Morgan fingerprint density at radius 2 is 1.71 bits per heavy atom. The Kier molecular flexibility index (Phi) is 3.03. The normalized spacial score (nSPS) is 21.6. The van der Waals surface area contributed by atoms with Crippen molar-refractivity contribution in [1.29, 1.82) is 0 Å². The molecule has 4 rings (SSSR count). The smallest absolute Gasteiger partial charge is 0.167 e. The van der Waals surface area contributed by atoms with Crippen molar-refractivity contribution in [3.8, 4) is 17.2 Å². The number of aliphatic hydroxyl groups is 1. The molecule has 1 fully saturated rings. The molecule has 0 bridgehead atoms. The van der Waals surface area contributed by atoms with E-state index in [-0.39, 0.29) is 0 Å². The van der Waals surface area contributed by atoms with E-state index >= 15 is 0 Å². The van der Waals surface area contributed by atoms with E-state index in [9.17, 15) is 5.11 Å². The van der Waals surface area contributed by atoms with Crippen LogP contribution in [0.25, 0.3) is 0 Å². The fraction of sp³-hybridized carbons (Fsp3) is 0.647. The number of hydrogen-bond donors (Lipinski definition) is 1. The molecular formula is C17H22O4. The largest absolute Gasteiger partial charge is 0.493 e. The van der Waals surface area contributed by atoms with Gasteiger partial charge in [-0.25, -0.2) is 0 Å². The molecule has 0 aromatic heterocycles. The molecule has 0 atom stereocenters. The molecule has 21 heavy (non-hydrogen) atoms. The molecule has 2 aliphatic heterocycles. The third-order valence-electron chi connectivity index (χ3n) is 4.84. The van der Waals surface area contributed by atoms with Crippen LogP contribution in [-0.2, 0) is 19.3 Å². The lowest BCUT2D eigenvalue weighted by Crippen LogP contribution is -2.21. The third kappa shape index (κ3) is 2.16. The summed E-state index contributed by atoms with van der Waals surface area (Å²) < 4.78 is 17.6. The second-order valence-electron chi connectivity index (χ2n) is 6.43. The Morgan fingerprint density at radius 3 is 2.38 bits per heavy atom. The van der Waals surface area contributed by atoms with Crippen LogP contribution in [0.2, 0.25) is 0 Å². The maximum atomic E-state index is 10.4. The van der Waals surface area contributed by atoms with E-state index in [0.29, 0.717) is 6.42 Å². The van der Waals surface area contributed by atoms with Crippen LogP contribution in [0.3, 0.4) is 0 Å². The fourth-order valence-corrected chi connectivity index (χ4v) is 3.55. The molecule has 1 aromatic rings. The Hall–Kier alpha value is -1.42. The van der Waals surface area contributed by atoms with E-state index in [1.54, 1.807) is 7.11 Å². The number of ether oxygens (including phenoxy) is 3. The van der Waals surface area contributed by atoms with Gasteiger partial charge in [-0.2, -0.15) is 0 Å². The topological polar surface area (TPSA) is 47.9 Å². The van der Waals surface area contributed by atoms with Crippen molar-refractivity contribution in [2.75, 3.05) is 20.3 Å². The van der Waals surface area contributed by atoms with Crippen LogP contribution < -0.4 is 14.2 Å². The molecule has 1 aliphatic carbocycles. The molecule has 0 spiro atoms. The average molecular weight is 290 g/mol. The molecule has 3 aliphatic rings. The lowest BCUT2D eigenvalue weighted by atomic mass is 9.89. The van der Waals surface area contributed by atoms with Gasteiger partial charge < -0.3 is 19.3 Å². The molecule has 0 radical (unpaired) electrons. The minimum Gasteiger partial charge on any atom is -0.493 e. The highest BCUT2D eigenvalue weighted by molar-refractivity contribution is 5.64. The van der Waals surface area contributed by atoms with Crippen LogP contribution in [0.5, 0.6) is 17.2 Å². The summed E-state index contributed by atoms with van der Waals surface area (Å²) in [5.41, 5.74) is 2.97. The quantitative estimate of drug-likeness (QED) is 0.928. The first kappa shape index (κ1) is 13.3. The Bertz CT molecular complexity index is 538. The van der Waals surface area contributed by atoms with Gasteiger partial charge in [-0.05, 0) is 38.5 Å². The summed E-state index contributed by atoms with van der Waals surface area (Å²) in [6, 6.07) is 0. The Morgan fingerprint density at radius 1 is 1.05 bits per heavy atom. The summed E-state index contributed by atoms with van der Waals surface area (Å²) in [6.45, 7) is 1.49. The second kappa shape index (κ2) is 4.80. The third-order valence-corrected chi connectivity index (χ3v) is 4.84. The molecule has 2 heterocycles. The van der Waals surface area contributed by atoms with Crippen molar-refractivity contribution in [3.63, 3.8) is 0 Å². The summed E-state index contributed by atoms with van der Waals surface area (Å²) >= 11 is 0. The van der Waals surface area contributed by atoms with Gasteiger partial charge in [0.2, 0.25) is 0 Å². The van der Waals surface area contributed by atoms with Crippen LogP contribution in [0, 0.1) is 0 Å². The minimum atomic E-state index is -0.519. The van der Waals surface area contributed by atoms with E-state index in [4.69, 9.17) is 14.2 Å². The van der Waals surface area contributed by atoms with Crippen molar-refractivity contribution in [2.45, 2.75) is 50.5 Å². The van der Waals surface area contributed by atoms with Gasteiger partial charge in [0.25, 0.3) is 0 Å². The number of fused-ring (bicyclic) bond motifs is 2. The molecule has 4 heteroatoms. The predicted molar refractivity (Wildman–Crippen MR) is 78.5 cm³/mol. The second-order valence-corrected chi connectivity index (χ2v) is 6.43. The molecule has 0 saturated heterocycles. The maximum absolute atomic E-state index is 10.4. The zero-order chi connectivity index (χ0) is 14.4. The van der Waals surface area contributed by atoms with Gasteiger partial charge >= 0.3 is 0 Å². The van der Waals surface area contributed by atoms with Gasteiger partial charge in [0, 0.05) is 23.1 Å². The summed E-state index contributed by atoms with van der Waals surface area (Å²) in [5.74, 6) is 2.71. The standard InChI is InChI=1S/C17H22O4/c1-19-15-12-5-3-8-20-14(12)13(10-17(18)6-7-17)11-4-2-9-21-16(11)15/h18H,2-10H2,1H3. The molecular weight excluding hydrogens is 268 g/mol. The molecule has 114 valence electrons. The summed E-state index contributed by atoms with van der Waals surface area (Å²) in [6.07, 6.45) is 6.43. The van der Waals surface area contributed by atoms with E-state index in [1.165, 1.54) is 11.1 Å². The minimum absolute atomic E-state index is 0.519. The van der Waals surface area contributed by atoms with E-state index in [1.807, 2.05) is 0 Å². The molecule has 0 amide bonds. The number of methoxy groups -OCH3 is 1. The van der Waals surface area contributed by atoms with Gasteiger partial charge in [0.05, 0.1) is 25.9 Å². The first-order valence-corrected chi connectivity index (χ1v) is 7.94. The Balaban J connectivity index is 1.90. The van der Waals surface area contributed by atoms with E-state index in [0.717, 1.165) is 74.6 Å². The highest BCUT2D eigenvalue weighted by Gasteiger charge is 2.43. The van der Waals surface area contributed by atoms with E-state index in [2.05, 4.69) is 0 Å². The Labute approximate surface area is 125 Å². The summed E-state index contributed by atoms with van der Waals surface area (Å²) in [5, 5.41) is 10.4. The van der Waals surface area contributed by atoms with Crippen molar-refractivity contribution in [1.82, 2.24) is 0 Å². The van der Waals surface area contributed by atoms with Crippen molar-refractivity contribution < 1.29 is 19.3 Å². The SMILES string of the molecule is COc1c2c(c(CC3(O)CC3)c3c1OCCC3)OCCC2. The zero-order valence-electron chi connectivity index (χ0n) is 12.5. The van der Waals surface area contributed by atoms with Crippen LogP contribution in [0.1, 0.15) is 42.4 Å². The molecule has 1 saturated carbocycles. The van der Waals surface area contributed by atoms with Crippen LogP contribution in [-0.4, -0.2) is 31.0 Å². The zero-order valence-corrected chi connectivity index (χ0v) is 12.5. The van der Waals surface area contributed by atoms with Crippen molar-refractivity contribution in [3.05, 3.63) is 16.7 Å². The lowest BCUT2D eigenvalue weighted by molar-refractivity contribution is 0.147. The average Bonchev–Trinajstić information content (AvgIpc) is 3.25. The number of hydrogen-bond acceptors (Lipinski definition) is 4. The molecule has 1 aromatic carbocycles. The monoisotopic (exact) mass is 290 g/mol. The summed E-state index contributed by atoms with van der Waals surface area (Å²) in [4.78, 5) is 0. The van der Waals surface area contributed by atoms with Gasteiger partial charge in [-0.3, -0.25) is 0 Å². The van der Waals surface area contributed by atoms with Crippen molar-refractivity contribution in [2.24, 2.45) is 0 Å². The number of rotatable bonds is 3. The van der Waals surface area contributed by atoms with E-state index < -0.39 is 5.60 Å². The van der Waals surface area contributed by atoms with Gasteiger partial charge in [-0.1, -0.05) is 0 Å². The first-order chi connectivity index (χ1) is 10.2. The highest BCUT2D eigenvalue weighted by Crippen LogP contribution is 2.51. The molecule has 4 nitrogen and oxygen atoms in total. The number of benzene rings is 1. The van der Waals surface area contributed by atoms with Gasteiger partial charge in [-0.15, -0.1) is 0 Å². The predicted octanol–water partition coefficient (Wildman–Crippen LogP) is 2.41. The lowest BCUT2D eigenvalue weighted by Gasteiger charge is -2.30. The first-order valence-electron chi connectivity index (χ1n) is 7.94. The van der Waals surface area contributed by atoms with Gasteiger partial charge in [0.15, 0.2) is 11.5 Å².